The van der Waals surface area contributed by atoms with Crippen LogP contribution in [0, 0.1) is 24.7 Å². The molecule has 0 saturated heterocycles. The Kier molecular flexibility index (Phi) is 5.01. The maximum absolute atomic E-state index is 5.21. The van der Waals surface area contributed by atoms with E-state index in [-0.39, 0.29) is 0 Å². The van der Waals surface area contributed by atoms with E-state index in [0.29, 0.717) is 5.92 Å². The average molecular weight is 121 g/mol. The summed E-state index contributed by atoms with van der Waals surface area (Å²) >= 11 is 0. The van der Waals surface area contributed by atoms with Gasteiger partial charge in [0.25, 0.3) is 0 Å². The standard InChI is InChI=1S/C9H13/c1-4-7-8-9(5-2)6-3/h2,4,8-9H,1,6-7H2,3H3. The lowest BCUT2D eigenvalue weighted by Crippen LogP contribution is -1.93. The van der Waals surface area contributed by atoms with Gasteiger partial charge in [-0.05, 0) is 19.3 Å². The van der Waals surface area contributed by atoms with Gasteiger partial charge < -0.3 is 0 Å². The molecule has 1 atom stereocenters. The van der Waals surface area contributed by atoms with Crippen molar-refractivity contribution >= 4 is 0 Å². The largest absolute Gasteiger partial charge is 0.120 e. The van der Waals surface area contributed by atoms with E-state index >= 15 is 0 Å². The van der Waals surface area contributed by atoms with Crippen molar-refractivity contribution in [1.29, 1.82) is 0 Å². The molecule has 1 radical (unpaired) electrons. The van der Waals surface area contributed by atoms with Crippen molar-refractivity contribution in [3.05, 3.63) is 19.1 Å². The van der Waals surface area contributed by atoms with Crippen LogP contribution in [0.5, 0.6) is 0 Å². The summed E-state index contributed by atoms with van der Waals surface area (Å²) in [6.45, 7) is 5.69. The van der Waals surface area contributed by atoms with Gasteiger partial charge in [-0.3, -0.25) is 0 Å². The summed E-state index contributed by atoms with van der Waals surface area (Å²) in [7, 11) is 0. The Morgan fingerprint density at radius 2 is 2.44 bits per heavy atom. The molecule has 0 aromatic rings. The van der Waals surface area contributed by atoms with Gasteiger partial charge in [0, 0.05) is 5.92 Å². The lowest BCUT2D eigenvalue weighted by Gasteiger charge is -2.02. The number of rotatable bonds is 4. The summed E-state index contributed by atoms with van der Waals surface area (Å²) in [5.74, 6) is 3.02. The second-order valence-electron chi connectivity index (χ2n) is 1.94. The Balaban J connectivity index is 3.34. The number of hydrogen-bond acceptors (Lipinski definition) is 0. The molecule has 0 aliphatic carbocycles. The number of hydrogen-bond donors (Lipinski definition) is 0. The third-order valence-corrected chi connectivity index (χ3v) is 1.24. The predicted octanol–water partition coefficient (Wildman–Crippen LogP) is 2.43. The van der Waals surface area contributed by atoms with Gasteiger partial charge in [-0.2, -0.15) is 0 Å². The average Bonchev–Trinajstić information content (AvgIpc) is 1.91. The zero-order valence-corrected chi connectivity index (χ0v) is 5.93. The van der Waals surface area contributed by atoms with Crippen LogP contribution in [-0.2, 0) is 0 Å². The van der Waals surface area contributed by atoms with Crippen molar-refractivity contribution in [2.75, 3.05) is 0 Å². The minimum atomic E-state index is 0.336. The summed E-state index contributed by atoms with van der Waals surface area (Å²) < 4.78 is 0. The molecule has 0 heteroatoms. The fourth-order valence-electron chi connectivity index (χ4n) is 0.613. The van der Waals surface area contributed by atoms with Crippen molar-refractivity contribution in [3.8, 4) is 12.3 Å². The molecule has 9 heavy (non-hydrogen) atoms. The molecule has 0 bridgehead atoms. The summed E-state index contributed by atoms with van der Waals surface area (Å²) in [6.07, 6.45) is 11.1. The van der Waals surface area contributed by atoms with Crippen LogP contribution in [0.2, 0.25) is 0 Å². The van der Waals surface area contributed by atoms with Gasteiger partial charge in [-0.15, -0.1) is 18.9 Å². The van der Waals surface area contributed by atoms with Gasteiger partial charge in [0.15, 0.2) is 0 Å². The number of terminal acetylenes is 1. The van der Waals surface area contributed by atoms with E-state index in [1.54, 1.807) is 0 Å². The van der Waals surface area contributed by atoms with Crippen molar-refractivity contribution < 1.29 is 0 Å². The molecular formula is C9H13. The maximum atomic E-state index is 5.21. The van der Waals surface area contributed by atoms with E-state index < -0.39 is 0 Å². The molecule has 0 saturated carbocycles. The normalized spacial score (nSPS) is 12.0. The topological polar surface area (TPSA) is 0 Å². The van der Waals surface area contributed by atoms with E-state index in [1.807, 2.05) is 6.08 Å². The van der Waals surface area contributed by atoms with Crippen molar-refractivity contribution in [1.82, 2.24) is 0 Å². The monoisotopic (exact) mass is 121 g/mol. The lowest BCUT2D eigenvalue weighted by molar-refractivity contribution is 0.727. The minimum absolute atomic E-state index is 0.336. The second kappa shape index (κ2) is 5.44. The molecule has 0 heterocycles. The highest BCUT2D eigenvalue weighted by Gasteiger charge is 1.97. The molecule has 0 aromatic heterocycles. The van der Waals surface area contributed by atoms with Gasteiger partial charge in [0.05, 0.1) is 0 Å². The van der Waals surface area contributed by atoms with Crippen molar-refractivity contribution in [3.63, 3.8) is 0 Å². The first kappa shape index (κ1) is 8.30. The molecule has 0 aromatic carbocycles. The molecule has 0 nitrogen and oxygen atoms in total. The van der Waals surface area contributed by atoms with Gasteiger partial charge in [0.1, 0.15) is 0 Å². The van der Waals surface area contributed by atoms with Crippen LogP contribution >= 0.6 is 0 Å². The third kappa shape index (κ3) is 3.85. The highest BCUT2D eigenvalue weighted by Crippen LogP contribution is 2.07. The Bertz CT molecular complexity index is 106. The first-order chi connectivity index (χ1) is 4.35. The molecule has 0 spiro atoms. The Labute approximate surface area is 58.0 Å². The number of allylic oxidation sites excluding steroid dienone is 1. The Morgan fingerprint density at radius 1 is 1.78 bits per heavy atom. The first-order valence-electron chi connectivity index (χ1n) is 3.25. The molecule has 0 fully saturated rings. The molecular weight excluding hydrogens is 108 g/mol. The fraction of sp³-hybridized carbons (Fsp3) is 0.444. The molecule has 0 N–H and O–H groups in total. The molecule has 49 valence electrons. The Morgan fingerprint density at radius 3 is 2.78 bits per heavy atom. The molecule has 0 rings (SSSR count). The van der Waals surface area contributed by atoms with Crippen LogP contribution in [-0.4, -0.2) is 0 Å². The molecule has 0 aliphatic rings. The van der Waals surface area contributed by atoms with E-state index in [4.69, 9.17) is 6.42 Å². The third-order valence-electron chi connectivity index (χ3n) is 1.24. The lowest BCUT2D eigenvalue weighted by atomic mass is 10.0. The van der Waals surface area contributed by atoms with E-state index in [2.05, 4.69) is 25.8 Å². The highest BCUT2D eigenvalue weighted by atomic mass is 14.0. The van der Waals surface area contributed by atoms with Gasteiger partial charge in [0.2, 0.25) is 0 Å². The minimum Gasteiger partial charge on any atom is -0.120 e. The van der Waals surface area contributed by atoms with Crippen LogP contribution in [0.15, 0.2) is 12.7 Å². The van der Waals surface area contributed by atoms with Gasteiger partial charge >= 0.3 is 0 Å². The SMILES string of the molecule is C#CC([CH]CC=C)CC. The van der Waals surface area contributed by atoms with Crippen LogP contribution < -0.4 is 0 Å². The summed E-state index contributed by atoms with van der Waals surface area (Å²) in [5.41, 5.74) is 0. The van der Waals surface area contributed by atoms with Crippen molar-refractivity contribution in [2.45, 2.75) is 19.8 Å². The molecule has 1 unspecified atom stereocenters. The van der Waals surface area contributed by atoms with Gasteiger partial charge in [-0.1, -0.05) is 13.0 Å². The fourth-order valence-corrected chi connectivity index (χ4v) is 0.613. The molecule has 0 aliphatic heterocycles. The summed E-state index contributed by atoms with van der Waals surface area (Å²) in [4.78, 5) is 0. The van der Waals surface area contributed by atoms with E-state index in [1.165, 1.54) is 0 Å². The quantitative estimate of drug-likeness (QED) is 0.396. The van der Waals surface area contributed by atoms with Crippen LogP contribution in [0.3, 0.4) is 0 Å². The summed E-state index contributed by atoms with van der Waals surface area (Å²) in [5, 5.41) is 0. The second-order valence-corrected chi connectivity index (χ2v) is 1.94. The van der Waals surface area contributed by atoms with Crippen LogP contribution in [0.1, 0.15) is 19.8 Å². The van der Waals surface area contributed by atoms with Crippen LogP contribution in [0.25, 0.3) is 0 Å². The van der Waals surface area contributed by atoms with Crippen molar-refractivity contribution in [2.24, 2.45) is 5.92 Å². The summed E-state index contributed by atoms with van der Waals surface area (Å²) in [6, 6.07) is 0. The van der Waals surface area contributed by atoms with E-state index in [0.717, 1.165) is 12.8 Å². The van der Waals surface area contributed by atoms with Gasteiger partial charge in [-0.25, -0.2) is 0 Å². The smallest absolute Gasteiger partial charge is 0.0232 e. The molecule has 0 amide bonds. The highest BCUT2D eigenvalue weighted by molar-refractivity contribution is 5.01. The Hall–Kier alpha value is -0.700. The zero-order valence-electron chi connectivity index (χ0n) is 5.93. The maximum Gasteiger partial charge on any atom is 0.0232 e. The zero-order chi connectivity index (χ0) is 7.11. The predicted molar refractivity (Wildman–Crippen MR) is 41.7 cm³/mol. The van der Waals surface area contributed by atoms with Crippen LogP contribution in [0.4, 0.5) is 0 Å². The van der Waals surface area contributed by atoms with E-state index in [9.17, 15) is 0 Å². The first-order valence-corrected chi connectivity index (χ1v) is 3.25.